The van der Waals surface area contributed by atoms with Crippen molar-refractivity contribution in [3.05, 3.63) is 29.8 Å². The first-order valence-corrected chi connectivity index (χ1v) is 6.26. The molecule has 0 aromatic heterocycles. The van der Waals surface area contributed by atoms with Gasteiger partial charge in [-0.3, -0.25) is 4.90 Å². The number of ether oxygens (including phenoxy) is 1. The maximum absolute atomic E-state index is 12.3. The van der Waals surface area contributed by atoms with Crippen molar-refractivity contribution in [3.63, 3.8) is 0 Å². The van der Waals surface area contributed by atoms with Crippen molar-refractivity contribution < 1.29 is 23.0 Å². The molecule has 114 valence electrons. The number of rotatable bonds is 8. The molecule has 0 amide bonds. The Hall–Kier alpha value is -1.31. The average molecular weight is 292 g/mol. The highest BCUT2D eigenvalue weighted by molar-refractivity contribution is 5.28. The predicted octanol–water partition coefficient (Wildman–Crippen LogP) is 1.38. The van der Waals surface area contributed by atoms with Crippen LogP contribution in [0.5, 0.6) is 5.75 Å². The average Bonchev–Trinajstić information content (AvgIpc) is 2.37. The summed E-state index contributed by atoms with van der Waals surface area (Å²) in [5.41, 5.74) is 6.38. The Morgan fingerprint density at radius 2 is 2.00 bits per heavy atom. The molecule has 7 heteroatoms. The monoisotopic (exact) mass is 292 g/mol. The summed E-state index contributed by atoms with van der Waals surface area (Å²) < 4.78 is 42.3. The Morgan fingerprint density at radius 3 is 2.60 bits per heavy atom. The third-order valence-electron chi connectivity index (χ3n) is 2.63. The molecule has 0 aliphatic carbocycles. The molecule has 0 saturated carbocycles. The Kier molecular flexibility index (Phi) is 6.77. The Balaban J connectivity index is 2.43. The summed E-state index contributed by atoms with van der Waals surface area (Å²) >= 11 is 0. The van der Waals surface area contributed by atoms with Crippen molar-refractivity contribution in [2.24, 2.45) is 5.73 Å². The van der Waals surface area contributed by atoms with Crippen LogP contribution >= 0.6 is 0 Å². The summed E-state index contributed by atoms with van der Waals surface area (Å²) in [6.07, 6.45) is -4.28. The van der Waals surface area contributed by atoms with E-state index in [9.17, 15) is 13.2 Å². The van der Waals surface area contributed by atoms with Crippen molar-refractivity contribution in [1.82, 2.24) is 4.90 Å². The van der Waals surface area contributed by atoms with Crippen LogP contribution in [0.15, 0.2) is 24.3 Å². The molecule has 3 N–H and O–H groups in total. The number of alkyl halides is 3. The van der Waals surface area contributed by atoms with Crippen molar-refractivity contribution in [1.29, 1.82) is 0 Å². The second-order valence-corrected chi connectivity index (χ2v) is 4.31. The van der Waals surface area contributed by atoms with Gasteiger partial charge in [-0.25, -0.2) is 0 Å². The van der Waals surface area contributed by atoms with Gasteiger partial charge in [0.05, 0.1) is 13.2 Å². The van der Waals surface area contributed by atoms with Gasteiger partial charge in [-0.2, -0.15) is 13.2 Å². The van der Waals surface area contributed by atoms with Gasteiger partial charge in [0.15, 0.2) is 0 Å². The van der Waals surface area contributed by atoms with Gasteiger partial charge >= 0.3 is 6.18 Å². The van der Waals surface area contributed by atoms with Crippen LogP contribution in [0.1, 0.15) is 5.56 Å². The van der Waals surface area contributed by atoms with E-state index < -0.39 is 12.7 Å². The van der Waals surface area contributed by atoms with E-state index in [0.717, 1.165) is 10.5 Å². The largest absolute Gasteiger partial charge is 0.492 e. The summed E-state index contributed by atoms with van der Waals surface area (Å²) in [4.78, 5) is 1.10. The quantitative estimate of drug-likeness (QED) is 0.760. The maximum atomic E-state index is 12.3. The van der Waals surface area contributed by atoms with E-state index in [1.807, 2.05) is 6.07 Å². The number of hydrogen-bond acceptors (Lipinski definition) is 4. The summed E-state index contributed by atoms with van der Waals surface area (Å²) in [6.45, 7) is -0.830. The summed E-state index contributed by atoms with van der Waals surface area (Å²) in [5, 5.41) is 8.75. The van der Waals surface area contributed by atoms with Crippen LogP contribution in [0.25, 0.3) is 0 Å². The minimum Gasteiger partial charge on any atom is -0.492 e. The normalized spacial score (nSPS) is 11.9. The van der Waals surface area contributed by atoms with Crippen molar-refractivity contribution in [2.45, 2.75) is 12.7 Å². The molecule has 0 aliphatic heterocycles. The molecular weight excluding hydrogens is 273 g/mol. The van der Waals surface area contributed by atoms with E-state index in [2.05, 4.69) is 0 Å². The number of aliphatic hydroxyl groups is 1. The molecule has 0 radical (unpaired) electrons. The van der Waals surface area contributed by atoms with Crippen LogP contribution in [0.2, 0.25) is 0 Å². The van der Waals surface area contributed by atoms with Crippen LogP contribution in [0, 0.1) is 0 Å². The van der Waals surface area contributed by atoms with Gasteiger partial charge in [-0.15, -0.1) is 0 Å². The summed E-state index contributed by atoms with van der Waals surface area (Å²) in [7, 11) is 0. The molecule has 20 heavy (non-hydrogen) atoms. The molecule has 0 spiro atoms. The third kappa shape index (κ3) is 6.74. The third-order valence-corrected chi connectivity index (χ3v) is 2.63. The minimum absolute atomic E-state index is 0.0360. The fourth-order valence-corrected chi connectivity index (χ4v) is 1.72. The molecule has 0 fully saturated rings. The van der Waals surface area contributed by atoms with E-state index in [0.29, 0.717) is 12.3 Å². The number of hydrogen-bond donors (Lipinski definition) is 2. The molecule has 0 unspecified atom stereocenters. The number of aliphatic hydroxyl groups excluding tert-OH is 1. The van der Waals surface area contributed by atoms with Crippen LogP contribution < -0.4 is 10.5 Å². The smallest absolute Gasteiger partial charge is 0.401 e. The highest BCUT2D eigenvalue weighted by Crippen LogP contribution is 2.16. The minimum atomic E-state index is -4.28. The molecule has 0 bridgehead atoms. The first-order valence-electron chi connectivity index (χ1n) is 6.26. The molecule has 4 nitrogen and oxygen atoms in total. The maximum Gasteiger partial charge on any atom is 0.401 e. The van der Waals surface area contributed by atoms with E-state index >= 15 is 0 Å². The van der Waals surface area contributed by atoms with Gasteiger partial charge in [0.1, 0.15) is 12.4 Å². The van der Waals surface area contributed by atoms with Crippen LogP contribution in [0.4, 0.5) is 13.2 Å². The van der Waals surface area contributed by atoms with Crippen LogP contribution in [0.3, 0.4) is 0 Å². The van der Waals surface area contributed by atoms with Gasteiger partial charge in [0.2, 0.25) is 0 Å². The van der Waals surface area contributed by atoms with E-state index in [-0.39, 0.29) is 26.3 Å². The molecule has 1 aromatic rings. The van der Waals surface area contributed by atoms with Gasteiger partial charge in [-0.1, -0.05) is 12.1 Å². The number of nitrogens with two attached hydrogens (primary N) is 1. The zero-order chi connectivity index (χ0) is 15.0. The molecule has 1 aromatic carbocycles. The van der Waals surface area contributed by atoms with Crippen LogP contribution in [-0.4, -0.2) is 49.0 Å². The van der Waals surface area contributed by atoms with Crippen molar-refractivity contribution >= 4 is 0 Å². The topological polar surface area (TPSA) is 58.7 Å². The van der Waals surface area contributed by atoms with E-state index in [1.165, 1.54) is 0 Å². The number of nitrogens with zero attached hydrogens (tertiary/aromatic N) is 1. The van der Waals surface area contributed by atoms with Crippen molar-refractivity contribution in [2.75, 3.05) is 32.8 Å². The van der Waals surface area contributed by atoms with Gasteiger partial charge in [0, 0.05) is 19.6 Å². The Bertz CT molecular complexity index is 399. The molecule has 0 saturated heterocycles. The highest BCUT2D eigenvalue weighted by Gasteiger charge is 2.30. The zero-order valence-electron chi connectivity index (χ0n) is 11.1. The molecule has 0 aliphatic rings. The second kappa shape index (κ2) is 8.08. The molecule has 0 atom stereocenters. The molecule has 0 heterocycles. The molecular formula is C13H19F3N2O2. The summed E-state index contributed by atoms with van der Waals surface area (Å²) in [5.74, 6) is 0.573. The van der Waals surface area contributed by atoms with E-state index in [1.54, 1.807) is 18.2 Å². The lowest BCUT2D eigenvalue weighted by atomic mass is 10.2. The van der Waals surface area contributed by atoms with Gasteiger partial charge in [0.25, 0.3) is 0 Å². The summed E-state index contributed by atoms with van der Waals surface area (Å²) in [6, 6.07) is 7.09. The fourth-order valence-electron chi connectivity index (χ4n) is 1.72. The number of halogens is 3. The Labute approximate surface area is 115 Å². The van der Waals surface area contributed by atoms with E-state index in [4.69, 9.17) is 15.6 Å². The van der Waals surface area contributed by atoms with Gasteiger partial charge < -0.3 is 15.6 Å². The lowest BCUT2D eigenvalue weighted by molar-refractivity contribution is -0.147. The molecule has 1 rings (SSSR count). The highest BCUT2D eigenvalue weighted by atomic mass is 19.4. The van der Waals surface area contributed by atoms with Crippen molar-refractivity contribution in [3.8, 4) is 5.75 Å². The lowest BCUT2D eigenvalue weighted by Crippen LogP contribution is -2.38. The first-order chi connectivity index (χ1) is 9.44. The standard InChI is InChI=1S/C13H19F3N2O2/c14-13(15,16)10-18(4-6-19)5-7-20-12-3-1-2-11(8-12)9-17/h1-3,8,19H,4-7,9-10,17H2. The lowest BCUT2D eigenvalue weighted by Gasteiger charge is -2.22. The van der Waals surface area contributed by atoms with Crippen LogP contribution in [-0.2, 0) is 6.54 Å². The predicted molar refractivity (Wildman–Crippen MR) is 69.4 cm³/mol. The fraction of sp³-hybridized carbons (Fsp3) is 0.538. The SMILES string of the molecule is NCc1cccc(OCCN(CCO)CC(F)(F)F)c1. The second-order valence-electron chi connectivity index (χ2n) is 4.31. The zero-order valence-corrected chi connectivity index (χ0v) is 11.1. The first kappa shape index (κ1) is 16.7. The Morgan fingerprint density at radius 1 is 1.25 bits per heavy atom. The number of benzene rings is 1. The van der Waals surface area contributed by atoms with Gasteiger partial charge in [-0.05, 0) is 17.7 Å².